The molecule has 0 radical (unpaired) electrons. The van der Waals surface area contributed by atoms with Crippen LogP contribution in [0.4, 0.5) is 0 Å². The number of hydrogen-bond acceptors (Lipinski definition) is 3. The zero-order valence-electron chi connectivity index (χ0n) is 16.2. The first kappa shape index (κ1) is 20.4. The first-order chi connectivity index (χ1) is 12.3. The van der Waals surface area contributed by atoms with Crippen molar-refractivity contribution in [2.45, 2.75) is 65.5 Å². The van der Waals surface area contributed by atoms with Crippen LogP contribution in [-0.4, -0.2) is 29.6 Å². The van der Waals surface area contributed by atoms with Crippen LogP contribution in [0.5, 0.6) is 0 Å². The molecule has 1 aliphatic rings. The van der Waals surface area contributed by atoms with Crippen LogP contribution in [0.2, 0.25) is 0 Å². The Morgan fingerprint density at radius 1 is 1.08 bits per heavy atom. The third-order valence-corrected chi connectivity index (χ3v) is 5.39. The van der Waals surface area contributed by atoms with E-state index in [0.717, 1.165) is 18.0 Å². The Balaban J connectivity index is 1.74. The molecule has 0 spiro atoms. The molecule has 5 nitrogen and oxygen atoms in total. The lowest BCUT2D eigenvalue weighted by atomic mass is 9.71. The molecular weight excluding hydrogens is 328 g/mol. The summed E-state index contributed by atoms with van der Waals surface area (Å²) in [6, 6.07) is 8.08. The van der Waals surface area contributed by atoms with Gasteiger partial charge in [-0.3, -0.25) is 9.59 Å². The van der Waals surface area contributed by atoms with Crippen molar-refractivity contribution >= 4 is 11.9 Å². The van der Waals surface area contributed by atoms with Crippen molar-refractivity contribution in [1.82, 2.24) is 10.6 Å². The highest BCUT2D eigenvalue weighted by atomic mass is 16.4. The highest BCUT2D eigenvalue weighted by Crippen LogP contribution is 2.37. The molecule has 144 valence electrons. The average Bonchev–Trinajstić information content (AvgIpc) is 2.59. The van der Waals surface area contributed by atoms with Gasteiger partial charge in [0.15, 0.2) is 0 Å². The third-order valence-electron chi connectivity index (χ3n) is 5.39. The second kappa shape index (κ2) is 9.17. The standard InChI is InChI=1S/C21H32N2O3/c1-21(2,3)17-8-10-18(11-9-17)23-14-15-4-6-16(7-5-15)20(26)22-13-12-19(24)25/h4-7,17-18,23H,8-14H2,1-3H3,(H,22,26)(H,24,25). The molecule has 5 heteroatoms. The van der Waals surface area contributed by atoms with E-state index in [0.29, 0.717) is 17.0 Å². The minimum atomic E-state index is -0.914. The molecule has 1 amide bonds. The number of carboxylic acid groups (broad SMARTS) is 1. The van der Waals surface area contributed by atoms with Gasteiger partial charge in [-0.15, -0.1) is 0 Å². The van der Waals surface area contributed by atoms with Gasteiger partial charge in [0.2, 0.25) is 0 Å². The van der Waals surface area contributed by atoms with Crippen LogP contribution in [0, 0.1) is 11.3 Å². The van der Waals surface area contributed by atoms with E-state index in [1.807, 2.05) is 12.1 Å². The summed E-state index contributed by atoms with van der Waals surface area (Å²) in [5, 5.41) is 14.8. The van der Waals surface area contributed by atoms with Gasteiger partial charge in [0, 0.05) is 24.7 Å². The quantitative estimate of drug-likeness (QED) is 0.694. The Morgan fingerprint density at radius 2 is 1.69 bits per heavy atom. The molecular formula is C21H32N2O3. The molecule has 3 N–H and O–H groups in total. The molecule has 0 saturated heterocycles. The Hall–Kier alpha value is -1.88. The molecule has 0 bridgehead atoms. The summed E-state index contributed by atoms with van der Waals surface area (Å²) in [5.74, 6) is -0.325. The van der Waals surface area contributed by atoms with Gasteiger partial charge in [0.1, 0.15) is 0 Å². The summed E-state index contributed by atoms with van der Waals surface area (Å²) in [7, 11) is 0. The maximum absolute atomic E-state index is 11.9. The smallest absolute Gasteiger partial charge is 0.305 e. The van der Waals surface area contributed by atoms with Crippen molar-refractivity contribution in [3.63, 3.8) is 0 Å². The lowest BCUT2D eigenvalue weighted by molar-refractivity contribution is -0.136. The van der Waals surface area contributed by atoms with E-state index in [9.17, 15) is 9.59 Å². The minimum absolute atomic E-state index is 0.0643. The van der Waals surface area contributed by atoms with Gasteiger partial charge >= 0.3 is 5.97 Å². The predicted octanol–water partition coefficient (Wildman–Crippen LogP) is 3.59. The van der Waals surface area contributed by atoms with Crippen molar-refractivity contribution < 1.29 is 14.7 Å². The maximum atomic E-state index is 11.9. The van der Waals surface area contributed by atoms with Crippen molar-refractivity contribution in [2.24, 2.45) is 11.3 Å². The maximum Gasteiger partial charge on any atom is 0.305 e. The number of rotatable bonds is 7. The summed E-state index contributed by atoms with van der Waals surface area (Å²) < 4.78 is 0. The molecule has 2 rings (SSSR count). The third kappa shape index (κ3) is 6.45. The minimum Gasteiger partial charge on any atom is -0.481 e. The normalized spacial score (nSPS) is 20.6. The number of carbonyl (C=O) groups is 2. The lowest BCUT2D eigenvalue weighted by Crippen LogP contribution is -2.35. The number of aliphatic carboxylic acids is 1. The topological polar surface area (TPSA) is 78.4 Å². The summed E-state index contributed by atoms with van der Waals surface area (Å²) in [5.41, 5.74) is 2.13. The molecule has 0 aliphatic heterocycles. The monoisotopic (exact) mass is 360 g/mol. The van der Waals surface area contributed by atoms with Gasteiger partial charge in [-0.05, 0) is 54.7 Å². The molecule has 1 aromatic carbocycles. The molecule has 0 heterocycles. The number of nitrogens with one attached hydrogen (secondary N) is 2. The fourth-order valence-electron chi connectivity index (χ4n) is 3.58. The molecule has 1 saturated carbocycles. The zero-order valence-corrected chi connectivity index (χ0v) is 16.2. The molecule has 1 aliphatic carbocycles. The first-order valence-corrected chi connectivity index (χ1v) is 9.58. The molecule has 1 fully saturated rings. The highest BCUT2D eigenvalue weighted by molar-refractivity contribution is 5.94. The summed E-state index contributed by atoms with van der Waals surface area (Å²) in [4.78, 5) is 22.4. The number of carbonyl (C=O) groups excluding carboxylic acids is 1. The second-order valence-corrected chi connectivity index (χ2v) is 8.39. The van der Waals surface area contributed by atoms with E-state index in [1.165, 1.54) is 25.7 Å². The number of hydrogen-bond donors (Lipinski definition) is 3. The van der Waals surface area contributed by atoms with Crippen molar-refractivity contribution in [1.29, 1.82) is 0 Å². The predicted molar refractivity (Wildman–Crippen MR) is 103 cm³/mol. The van der Waals surface area contributed by atoms with Crippen LogP contribution >= 0.6 is 0 Å². The van der Waals surface area contributed by atoms with E-state index in [2.05, 4.69) is 31.4 Å². The van der Waals surface area contributed by atoms with Crippen molar-refractivity contribution in [3.8, 4) is 0 Å². The van der Waals surface area contributed by atoms with Gasteiger partial charge in [-0.1, -0.05) is 32.9 Å². The van der Waals surface area contributed by atoms with Crippen LogP contribution in [0.3, 0.4) is 0 Å². The van der Waals surface area contributed by atoms with Gasteiger partial charge in [0.25, 0.3) is 5.91 Å². The first-order valence-electron chi connectivity index (χ1n) is 9.58. The van der Waals surface area contributed by atoms with E-state index >= 15 is 0 Å². The lowest BCUT2D eigenvalue weighted by Gasteiger charge is -2.37. The van der Waals surface area contributed by atoms with E-state index in [4.69, 9.17) is 5.11 Å². The Labute approximate surface area is 156 Å². The summed E-state index contributed by atoms with van der Waals surface area (Å²) >= 11 is 0. The number of carboxylic acids is 1. The largest absolute Gasteiger partial charge is 0.481 e. The average molecular weight is 360 g/mol. The summed E-state index contributed by atoms with van der Waals surface area (Å²) in [6.45, 7) is 7.97. The van der Waals surface area contributed by atoms with E-state index in [1.54, 1.807) is 12.1 Å². The zero-order chi connectivity index (χ0) is 19.2. The van der Waals surface area contributed by atoms with Gasteiger partial charge in [0.05, 0.1) is 6.42 Å². The Kier molecular flexibility index (Phi) is 7.21. The highest BCUT2D eigenvalue weighted by Gasteiger charge is 2.29. The molecule has 1 aromatic rings. The second-order valence-electron chi connectivity index (χ2n) is 8.39. The van der Waals surface area contributed by atoms with Crippen LogP contribution < -0.4 is 10.6 Å². The van der Waals surface area contributed by atoms with Crippen LogP contribution in [0.1, 0.15) is 68.8 Å². The van der Waals surface area contributed by atoms with Crippen molar-refractivity contribution in [3.05, 3.63) is 35.4 Å². The molecule has 0 aromatic heterocycles. The summed E-state index contributed by atoms with van der Waals surface area (Å²) in [6.07, 6.45) is 4.97. The van der Waals surface area contributed by atoms with Crippen LogP contribution in [0.25, 0.3) is 0 Å². The Bertz CT molecular complexity index is 597. The molecule has 0 atom stereocenters. The van der Waals surface area contributed by atoms with E-state index in [-0.39, 0.29) is 18.9 Å². The fraction of sp³-hybridized carbons (Fsp3) is 0.619. The SMILES string of the molecule is CC(C)(C)C1CCC(NCc2ccc(C(=O)NCCC(=O)O)cc2)CC1. The molecule has 0 unspecified atom stereocenters. The van der Waals surface area contributed by atoms with Gasteiger partial charge in [-0.25, -0.2) is 0 Å². The number of benzene rings is 1. The van der Waals surface area contributed by atoms with Gasteiger partial charge < -0.3 is 15.7 Å². The van der Waals surface area contributed by atoms with Crippen LogP contribution in [0.15, 0.2) is 24.3 Å². The fourth-order valence-corrected chi connectivity index (χ4v) is 3.58. The van der Waals surface area contributed by atoms with Gasteiger partial charge in [-0.2, -0.15) is 0 Å². The van der Waals surface area contributed by atoms with E-state index < -0.39 is 5.97 Å². The van der Waals surface area contributed by atoms with Crippen molar-refractivity contribution in [2.75, 3.05) is 6.54 Å². The Morgan fingerprint density at radius 3 is 2.23 bits per heavy atom. The van der Waals surface area contributed by atoms with Crippen LogP contribution in [-0.2, 0) is 11.3 Å². The number of amides is 1. The molecule has 26 heavy (non-hydrogen) atoms.